The molecular formula is C13H15BrN4OS. The zero-order valence-electron chi connectivity index (χ0n) is 11.2. The summed E-state index contributed by atoms with van der Waals surface area (Å²) in [5.74, 6) is 0.0162. The predicted octanol–water partition coefficient (Wildman–Crippen LogP) is 2.84. The van der Waals surface area contributed by atoms with E-state index >= 15 is 0 Å². The summed E-state index contributed by atoms with van der Waals surface area (Å²) in [6.45, 7) is 1.66. The molecule has 3 rings (SSSR count). The average molecular weight is 355 g/mol. The fourth-order valence-corrected chi connectivity index (χ4v) is 3.33. The average Bonchev–Trinajstić information content (AvgIpc) is 2.88. The SMILES string of the molecule is CSc1nc(C(=O)N2CCCCC2)cn2c(Br)cnc12. The number of amides is 1. The maximum atomic E-state index is 12.5. The van der Waals surface area contributed by atoms with Crippen LogP contribution in [0.3, 0.4) is 0 Å². The highest BCUT2D eigenvalue weighted by atomic mass is 79.9. The van der Waals surface area contributed by atoms with Crippen molar-refractivity contribution < 1.29 is 4.79 Å². The quantitative estimate of drug-likeness (QED) is 0.778. The minimum absolute atomic E-state index is 0.0162. The molecular weight excluding hydrogens is 340 g/mol. The molecule has 0 aliphatic carbocycles. The van der Waals surface area contributed by atoms with Crippen LogP contribution in [0, 0.1) is 0 Å². The van der Waals surface area contributed by atoms with E-state index in [4.69, 9.17) is 0 Å². The van der Waals surface area contributed by atoms with Crippen LogP contribution >= 0.6 is 27.7 Å². The van der Waals surface area contributed by atoms with Gasteiger partial charge < -0.3 is 4.90 Å². The molecule has 7 heteroatoms. The molecule has 0 bridgehead atoms. The second-order valence-corrected chi connectivity index (χ2v) is 6.37. The summed E-state index contributed by atoms with van der Waals surface area (Å²) in [7, 11) is 0. The van der Waals surface area contributed by atoms with Gasteiger partial charge in [-0.25, -0.2) is 9.97 Å². The molecule has 1 saturated heterocycles. The Hall–Kier alpha value is -1.08. The molecule has 3 heterocycles. The van der Waals surface area contributed by atoms with E-state index in [1.807, 2.05) is 15.6 Å². The zero-order chi connectivity index (χ0) is 14.1. The number of imidazole rings is 1. The topological polar surface area (TPSA) is 50.5 Å². The zero-order valence-corrected chi connectivity index (χ0v) is 13.6. The Morgan fingerprint density at radius 2 is 2.10 bits per heavy atom. The fourth-order valence-electron chi connectivity index (χ4n) is 2.43. The van der Waals surface area contributed by atoms with Crippen molar-refractivity contribution in [1.82, 2.24) is 19.3 Å². The van der Waals surface area contributed by atoms with Crippen molar-refractivity contribution in [3.8, 4) is 0 Å². The first-order valence-electron chi connectivity index (χ1n) is 6.57. The fraction of sp³-hybridized carbons (Fsp3) is 0.462. The van der Waals surface area contributed by atoms with E-state index in [0.29, 0.717) is 5.69 Å². The first kappa shape index (κ1) is 13.9. The highest BCUT2D eigenvalue weighted by molar-refractivity contribution is 9.10. The van der Waals surface area contributed by atoms with Gasteiger partial charge in [0, 0.05) is 19.3 Å². The molecule has 106 valence electrons. The first-order valence-corrected chi connectivity index (χ1v) is 8.59. The predicted molar refractivity (Wildman–Crippen MR) is 82.2 cm³/mol. The van der Waals surface area contributed by atoms with Gasteiger partial charge >= 0.3 is 0 Å². The summed E-state index contributed by atoms with van der Waals surface area (Å²) in [6.07, 6.45) is 8.81. The monoisotopic (exact) mass is 354 g/mol. The molecule has 20 heavy (non-hydrogen) atoms. The summed E-state index contributed by atoms with van der Waals surface area (Å²) < 4.78 is 2.70. The van der Waals surface area contributed by atoms with Gasteiger partial charge in [0.2, 0.25) is 0 Å². The number of piperidine rings is 1. The van der Waals surface area contributed by atoms with Gasteiger partial charge in [0.05, 0.1) is 6.20 Å². The third kappa shape index (κ3) is 2.44. The molecule has 2 aromatic heterocycles. The van der Waals surface area contributed by atoms with Gasteiger partial charge in [-0.05, 0) is 41.4 Å². The van der Waals surface area contributed by atoms with Gasteiger partial charge in [-0.1, -0.05) is 0 Å². The van der Waals surface area contributed by atoms with Gasteiger partial charge in [0.25, 0.3) is 5.91 Å². The molecule has 1 amide bonds. The first-order chi connectivity index (χ1) is 9.70. The van der Waals surface area contributed by atoms with Gasteiger partial charge in [-0.2, -0.15) is 0 Å². The van der Waals surface area contributed by atoms with Crippen molar-refractivity contribution >= 4 is 39.2 Å². The molecule has 0 radical (unpaired) electrons. The Bertz CT molecular complexity index is 651. The molecule has 0 unspecified atom stereocenters. The Balaban J connectivity index is 2.02. The number of nitrogens with zero attached hydrogens (tertiary/aromatic N) is 4. The van der Waals surface area contributed by atoms with Gasteiger partial charge in [0.15, 0.2) is 5.65 Å². The smallest absolute Gasteiger partial charge is 0.274 e. The number of carbonyl (C=O) groups excluding carboxylic acids is 1. The van der Waals surface area contributed by atoms with Crippen LogP contribution in [0.25, 0.3) is 5.65 Å². The highest BCUT2D eigenvalue weighted by Gasteiger charge is 2.21. The molecule has 1 aliphatic rings. The van der Waals surface area contributed by atoms with Gasteiger partial charge in [0.1, 0.15) is 15.3 Å². The number of halogens is 1. The third-order valence-electron chi connectivity index (χ3n) is 3.47. The lowest BCUT2D eigenvalue weighted by atomic mass is 10.1. The minimum Gasteiger partial charge on any atom is -0.337 e. The lowest BCUT2D eigenvalue weighted by Crippen LogP contribution is -2.36. The van der Waals surface area contributed by atoms with Crippen molar-refractivity contribution in [1.29, 1.82) is 0 Å². The Kier molecular flexibility index (Phi) is 3.98. The van der Waals surface area contributed by atoms with Crippen LogP contribution in [-0.4, -0.2) is 44.5 Å². The third-order valence-corrected chi connectivity index (χ3v) is 4.72. The maximum absolute atomic E-state index is 12.5. The van der Waals surface area contributed by atoms with Gasteiger partial charge in [-0.3, -0.25) is 9.20 Å². The van der Waals surface area contributed by atoms with Crippen molar-refractivity contribution in [2.75, 3.05) is 19.3 Å². The van der Waals surface area contributed by atoms with Crippen LogP contribution in [0.2, 0.25) is 0 Å². The summed E-state index contributed by atoms with van der Waals surface area (Å²) in [4.78, 5) is 23.2. The van der Waals surface area contributed by atoms with E-state index in [2.05, 4.69) is 25.9 Å². The number of hydrogen-bond acceptors (Lipinski definition) is 4. The molecule has 0 N–H and O–H groups in total. The number of fused-ring (bicyclic) bond motifs is 1. The Labute approximate surface area is 129 Å². The molecule has 0 aromatic carbocycles. The van der Waals surface area contributed by atoms with Crippen LogP contribution < -0.4 is 0 Å². The van der Waals surface area contributed by atoms with E-state index < -0.39 is 0 Å². The number of hydrogen-bond donors (Lipinski definition) is 0. The second-order valence-electron chi connectivity index (χ2n) is 4.76. The van der Waals surface area contributed by atoms with E-state index in [1.165, 1.54) is 18.2 Å². The van der Waals surface area contributed by atoms with Crippen LogP contribution in [-0.2, 0) is 0 Å². The van der Waals surface area contributed by atoms with Crippen LogP contribution in [0.4, 0.5) is 0 Å². The number of carbonyl (C=O) groups is 1. The van der Waals surface area contributed by atoms with Crippen molar-refractivity contribution in [3.63, 3.8) is 0 Å². The van der Waals surface area contributed by atoms with Crippen LogP contribution in [0.1, 0.15) is 29.8 Å². The maximum Gasteiger partial charge on any atom is 0.274 e. The van der Waals surface area contributed by atoms with Crippen molar-refractivity contribution in [2.45, 2.75) is 24.3 Å². The van der Waals surface area contributed by atoms with Crippen LogP contribution in [0.5, 0.6) is 0 Å². The molecule has 0 spiro atoms. The van der Waals surface area contributed by atoms with Crippen LogP contribution in [0.15, 0.2) is 22.0 Å². The van der Waals surface area contributed by atoms with Crippen molar-refractivity contribution in [2.24, 2.45) is 0 Å². The number of likely N-dealkylation sites (tertiary alicyclic amines) is 1. The Morgan fingerprint density at radius 1 is 1.35 bits per heavy atom. The summed E-state index contributed by atoms with van der Waals surface area (Å²) >= 11 is 4.95. The second kappa shape index (κ2) is 5.73. The number of thioether (sulfide) groups is 1. The number of aromatic nitrogens is 3. The van der Waals surface area contributed by atoms with Gasteiger partial charge in [-0.15, -0.1) is 11.8 Å². The lowest BCUT2D eigenvalue weighted by Gasteiger charge is -2.26. The normalized spacial score (nSPS) is 15.8. The molecule has 0 atom stereocenters. The van der Waals surface area contributed by atoms with E-state index in [0.717, 1.165) is 41.2 Å². The Morgan fingerprint density at radius 3 is 2.80 bits per heavy atom. The molecule has 2 aromatic rings. The molecule has 1 fully saturated rings. The summed E-state index contributed by atoms with van der Waals surface area (Å²) in [5.41, 5.74) is 1.27. The highest BCUT2D eigenvalue weighted by Crippen LogP contribution is 2.23. The minimum atomic E-state index is 0.0162. The van der Waals surface area contributed by atoms with E-state index in [9.17, 15) is 4.79 Å². The largest absolute Gasteiger partial charge is 0.337 e. The molecule has 1 aliphatic heterocycles. The molecule has 0 saturated carbocycles. The summed E-state index contributed by atoms with van der Waals surface area (Å²) in [6, 6.07) is 0. The van der Waals surface area contributed by atoms with Crippen molar-refractivity contribution in [3.05, 3.63) is 22.7 Å². The van der Waals surface area contributed by atoms with E-state index in [-0.39, 0.29) is 5.91 Å². The number of rotatable bonds is 2. The standard InChI is InChI=1S/C13H15BrN4OS/c1-20-12-11-15-7-10(14)18(11)8-9(16-12)13(19)17-5-3-2-4-6-17/h7-8H,2-6H2,1H3. The summed E-state index contributed by atoms with van der Waals surface area (Å²) in [5, 5.41) is 0.776. The lowest BCUT2D eigenvalue weighted by molar-refractivity contribution is 0.0717. The molecule has 5 nitrogen and oxygen atoms in total. The van der Waals surface area contributed by atoms with E-state index in [1.54, 1.807) is 12.4 Å².